The lowest BCUT2D eigenvalue weighted by atomic mass is 10.1. The summed E-state index contributed by atoms with van der Waals surface area (Å²) in [7, 11) is 0. The number of nitrogens with one attached hydrogen (secondary N) is 1. The molecule has 7 N–H and O–H groups in total. The summed E-state index contributed by atoms with van der Waals surface area (Å²) in [6.45, 7) is -0.780. The highest BCUT2D eigenvalue weighted by Crippen LogP contribution is 2.13. The summed E-state index contributed by atoms with van der Waals surface area (Å²) in [4.78, 5) is 11.5. The number of H-pyrrole nitrogens is 1. The van der Waals surface area contributed by atoms with Crippen LogP contribution >= 0.6 is 12.2 Å². The van der Waals surface area contributed by atoms with E-state index >= 15 is 0 Å². The van der Waals surface area contributed by atoms with Gasteiger partial charge in [-0.15, -0.1) is 0 Å². The molecule has 0 amide bonds. The van der Waals surface area contributed by atoms with E-state index in [1.165, 1.54) is 0 Å². The van der Waals surface area contributed by atoms with Crippen molar-refractivity contribution in [2.24, 2.45) is 0 Å². The Labute approximate surface area is 99.7 Å². The van der Waals surface area contributed by atoms with Crippen molar-refractivity contribution in [1.29, 1.82) is 0 Å². The molecule has 0 bridgehead atoms. The monoisotopic (exact) mass is 264 g/mol. The van der Waals surface area contributed by atoms with Gasteiger partial charge < -0.3 is 26.3 Å². The molecule has 0 aliphatic heterocycles. The molecule has 0 saturated carbocycles. The second-order valence-corrected chi connectivity index (χ2v) is 3.66. The zero-order valence-corrected chi connectivity index (χ0v) is 9.33. The van der Waals surface area contributed by atoms with Gasteiger partial charge in [0, 0.05) is 0 Å². The normalized spacial score (nSPS) is 16.5. The number of aromatic amines is 1. The van der Waals surface area contributed by atoms with Gasteiger partial charge in [-0.1, -0.05) is 0 Å². The minimum atomic E-state index is -1.80. The lowest BCUT2D eigenvalue weighted by Crippen LogP contribution is -2.40. The molecule has 3 atom stereocenters. The van der Waals surface area contributed by atoms with Crippen LogP contribution in [0, 0.1) is 4.77 Å². The smallest absolute Gasteiger partial charge is 0.297 e. The number of aromatic nitrogens is 3. The highest BCUT2D eigenvalue weighted by atomic mass is 32.1. The summed E-state index contributed by atoms with van der Waals surface area (Å²) in [6.07, 6.45) is -5.18. The van der Waals surface area contributed by atoms with Crippen LogP contribution in [-0.2, 0) is 0 Å². The first-order valence-electron chi connectivity index (χ1n) is 4.52. The number of aliphatic hydroxyl groups excluding tert-OH is 4. The average Bonchev–Trinajstić information content (AvgIpc) is 2.33. The van der Waals surface area contributed by atoms with Crippen LogP contribution in [0.5, 0.6) is 0 Å². The van der Waals surface area contributed by atoms with Crippen LogP contribution in [0.3, 0.4) is 0 Å². The van der Waals surface area contributed by atoms with E-state index in [4.69, 9.17) is 16.1 Å². The number of hydrogen-bond acceptors (Lipinski definition) is 8. The van der Waals surface area contributed by atoms with Gasteiger partial charge in [0.15, 0.2) is 5.69 Å². The Morgan fingerprint density at radius 3 is 2.59 bits per heavy atom. The molecular weight excluding hydrogens is 252 g/mol. The van der Waals surface area contributed by atoms with Crippen molar-refractivity contribution in [2.45, 2.75) is 18.3 Å². The van der Waals surface area contributed by atoms with Crippen LogP contribution in [0.1, 0.15) is 11.8 Å². The third-order valence-electron chi connectivity index (χ3n) is 2.11. The number of hydrogen-bond donors (Lipinski definition) is 6. The second-order valence-electron chi connectivity index (χ2n) is 3.27. The predicted molar refractivity (Wildman–Crippen MR) is 57.9 cm³/mol. The third kappa shape index (κ3) is 2.68. The molecule has 0 fully saturated rings. The molecular formula is C7H12N4O5S. The first-order valence-corrected chi connectivity index (χ1v) is 4.92. The molecule has 96 valence electrons. The first kappa shape index (κ1) is 13.7. The van der Waals surface area contributed by atoms with Crippen molar-refractivity contribution < 1.29 is 20.4 Å². The van der Waals surface area contributed by atoms with Crippen LogP contribution in [-0.4, -0.2) is 54.1 Å². The maximum Gasteiger partial charge on any atom is 0.297 e. The summed E-state index contributed by atoms with van der Waals surface area (Å²) in [5.41, 5.74) is -1.42. The molecule has 9 nitrogen and oxygen atoms in total. The van der Waals surface area contributed by atoms with Crippen LogP contribution < -0.4 is 11.4 Å². The minimum Gasteiger partial charge on any atom is -0.394 e. The Morgan fingerprint density at radius 1 is 1.47 bits per heavy atom. The minimum absolute atomic E-state index is 0.164. The largest absolute Gasteiger partial charge is 0.394 e. The van der Waals surface area contributed by atoms with Crippen LogP contribution in [0.15, 0.2) is 4.79 Å². The van der Waals surface area contributed by atoms with E-state index in [1.54, 1.807) is 0 Å². The van der Waals surface area contributed by atoms with Gasteiger partial charge in [0.05, 0.1) is 6.61 Å². The van der Waals surface area contributed by atoms with Crippen LogP contribution in [0.4, 0.5) is 0 Å². The maximum absolute atomic E-state index is 11.5. The predicted octanol–water partition coefficient (Wildman–Crippen LogP) is -3.24. The molecule has 1 heterocycles. The quantitative estimate of drug-likeness (QED) is 0.244. The number of nitrogens with zero attached hydrogens (tertiary/aromatic N) is 2. The summed E-state index contributed by atoms with van der Waals surface area (Å²) in [5, 5.41) is 42.3. The third-order valence-corrected chi connectivity index (χ3v) is 2.40. The number of rotatable bonds is 4. The molecule has 0 radical (unpaired) electrons. The number of nitrogens with two attached hydrogens (primary N) is 1. The standard InChI is InChI=1S/C7H12N4O5S/c8-11-6(16)3(9-10-7(11)17)5(15)4(14)2(13)1-12/h2,4-5,12-15H,1,8H2,(H,10,17)/t2-,4-,5+/m1/s1. The van der Waals surface area contributed by atoms with Gasteiger partial charge in [-0.25, -0.2) is 0 Å². The van der Waals surface area contributed by atoms with Crippen molar-refractivity contribution in [1.82, 2.24) is 14.9 Å². The van der Waals surface area contributed by atoms with E-state index < -0.39 is 36.2 Å². The van der Waals surface area contributed by atoms with E-state index in [2.05, 4.69) is 22.4 Å². The average molecular weight is 264 g/mol. The molecule has 1 rings (SSSR count). The van der Waals surface area contributed by atoms with Crippen LogP contribution in [0.2, 0.25) is 0 Å². The fourth-order valence-electron chi connectivity index (χ4n) is 1.10. The van der Waals surface area contributed by atoms with Gasteiger partial charge in [-0.3, -0.25) is 9.89 Å². The van der Waals surface area contributed by atoms with Crippen molar-refractivity contribution in [3.63, 3.8) is 0 Å². The van der Waals surface area contributed by atoms with E-state index in [9.17, 15) is 15.0 Å². The zero-order valence-electron chi connectivity index (χ0n) is 8.52. The first-order chi connectivity index (χ1) is 7.90. The Balaban J connectivity index is 3.14. The highest BCUT2D eigenvalue weighted by Gasteiger charge is 2.29. The molecule has 17 heavy (non-hydrogen) atoms. The fraction of sp³-hybridized carbons (Fsp3) is 0.571. The molecule has 0 unspecified atom stereocenters. The molecule has 0 saturated heterocycles. The SMILES string of the molecule is Nn1c(=S)[nH]nc([C@H](O)[C@H](O)[C@H](O)CO)c1=O. The summed E-state index contributed by atoms with van der Waals surface area (Å²) in [5.74, 6) is 5.25. The van der Waals surface area contributed by atoms with E-state index in [1.807, 2.05) is 0 Å². The molecule has 10 heteroatoms. The van der Waals surface area contributed by atoms with Crippen molar-refractivity contribution in [3.8, 4) is 0 Å². The fourth-order valence-corrected chi connectivity index (χ4v) is 1.23. The maximum atomic E-state index is 11.5. The van der Waals surface area contributed by atoms with Crippen molar-refractivity contribution in [2.75, 3.05) is 12.4 Å². The lowest BCUT2D eigenvalue weighted by molar-refractivity contribution is -0.0797. The highest BCUT2D eigenvalue weighted by molar-refractivity contribution is 7.71. The topological polar surface area (TPSA) is 158 Å². The van der Waals surface area contributed by atoms with Crippen LogP contribution in [0.25, 0.3) is 0 Å². The zero-order chi connectivity index (χ0) is 13.2. The Hall–Kier alpha value is -1.33. The van der Waals surface area contributed by atoms with Crippen molar-refractivity contribution >= 4 is 12.2 Å². The van der Waals surface area contributed by atoms with E-state index in [0.29, 0.717) is 4.68 Å². The molecule has 0 aromatic carbocycles. The van der Waals surface area contributed by atoms with Gasteiger partial charge in [0.25, 0.3) is 5.56 Å². The molecule has 0 aliphatic carbocycles. The van der Waals surface area contributed by atoms with Gasteiger partial charge in [0.2, 0.25) is 4.77 Å². The molecule has 0 spiro atoms. The van der Waals surface area contributed by atoms with Gasteiger partial charge in [0.1, 0.15) is 18.3 Å². The van der Waals surface area contributed by atoms with E-state index in [0.717, 1.165) is 0 Å². The molecule has 1 aromatic rings. The second kappa shape index (κ2) is 5.33. The number of aliphatic hydroxyl groups is 4. The molecule has 0 aliphatic rings. The Morgan fingerprint density at radius 2 is 2.06 bits per heavy atom. The molecule has 1 aromatic heterocycles. The van der Waals surface area contributed by atoms with Gasteiger partial charge >= 0.3 is 0 Å². The summed E-state index contributed by atoms with van der Waals surface area (Å²) in [6, 6.07) is 0. The van der Waals surface area contributed by atoms with Gasteiger partial charge in [-0.05, 0) is 12.2 Å². The lowest BCUT2D eigenvalue weighted by Gasteiger charge is -2.20. The van der Waals surface area contributed by atoms with Crippen molar-refractivity contribution in [3.05, 3.63) is 20.8 Å². The summed E-state index contributed by atoms with van der Waals surface area (Å²) < 4.78 is 0.363. The van der Waals surface area contributed by atoms with Gasteiger partial charge in [-0.2, -0.15) is 9.77 Å². The Bertz CT molecular complexity index is 500. The number of nitrogen functional groups attached to an aromatic ring is 1. The Kier molecular flexibility index (Phi) is 4.31. The van der Waals surface area contributed by atoms with E-state index in [-0.39, 0.29) is 4.77 Å². The summed E-state index contributed by atoms with van der Waals surface area (Å²) >= 11 is 4.61.